The van der Waals surface area contributed by atoms with Gasteiger partial charge >= 0.3 is 6.18 Å². The Hall–Kier alpha value is -1.82. The zero-order chi connectivity index (χ0) is 14.0. The Morgan fingerprint density at radius 3 is 2.68 bits per heavy atom. The summed E-state index contributed by atoms with van der Waals surface area (Å²) < 4.78 is 46.4. The lowest BCUT2D eigenvalue weighted by Gasteiger charge is -2.15. The van der Waals surface area contributed by atoms with Gasteiger partial charge in [-0.2, -0.15) is 13.2 Å². The van der Waals surface area contributed by atoms with Crippen LogP contribution in [0.2, 0.25) is 0 Å². The Balaban J connectivity index is 2.04. The third-order valence-electron chi connectivity index (χ3n) is 2.63. The first kappa shape index (κ1) is 13.6. The van der Waals surface area contributed by atoms with E-state index in [1.165, 1.54) is 6.07 Å². The standard InChI is InChI=1S/C13H11F3O3/c1-8(13(14,15)16)18-7-10(17)12-6-9-4-2-3-5-11(9)19-12/h2-6,8H,7H2,1H3. The van der Waals surface area contributed by atoms with Gasteiger partial charge in [-0.3, -0.25) is 4.79 Å². The molecule has 0 fully saturated rings. The molecule has 1 aromatic carbocycles. The Morgan fingerprint density at radius 1 is 1.37 bits per heavy atom. The Bertz CT molecular complexity index is 553. The minimum atomic E-state index is -4.48. The van der Waals surface area contributed by atoms with Crippen LogP contribution in [-0.4, -0.2) is 24.7 Å². The molecular formula is C13H11F3O3. The summed E-state index contributed by atoms with van der Waals surface area (Å²) in [4.78, 5) is 11.7. The molecule has 0 N–H and O–H groups in total. The van der Waals surface area contributed by atoms with E-state index in [1.54, 1.807) is 24.3 Å². The van der Waals surface area contributed by atoms with Gasteiger partial charge in [0.2, 0.25) is 5.78 Å². The maximum Gasteiger partial charge on any atom is 0.414 e. The molecule has 2 rings (SSSR count). The van der Waals surface area contributed by atoms with Crippen molar-refractivity contribution in [3.05, 3.63) is 36.1 Å². The number of hydrogen-bond donors (Lipinski definition) is 0. The summed E-state index contributed by atoms with van der Waals surface area (Å²) >= 11 is 0. The van der Waals surface area contributed by atoms with Gasteiger partial charge in [0.05, 0.1) is 0 Å². The molecule has 3 nitrogen and oxygen atoms in total. The summed E-state index contributed by atoms with van der Waals surface area (Å²) in [5.41, 5.74) is 0.509. The molecule has 0 spiro atoms. The molecule has 1 aromatic heterocycles. The molecule has 0 saturated carbocycles. The molecule has 0 amide bonds. The van der Waals surface area contributed by atoms with Crippen LogP contribution >= 0.6 is 0 Å². The second-order valence-corrected chi connectivity index (χ2v) is 4.07. The lowest BCUT2D eigenvalue weighted by atomic mass is 10.2. The Morgan fingerprint density at radius 2 is 2.05 bits per heavy atom. The second kappa shape index (κ2) is 5.05. The quantitative estimate of drug-likeness (QED) is 0.798. The van der Waals surface area contributed by atoms with Gasteiger partial charge in [0.1, 0.15) is 12.2 Å². The maximum atomic E-state index is 12.2. The van der Waals surface area contributed by atoms with Gasteiger partial charge in [-0.25, -0.2) is 0 Å². The number of alkyl halides is 3. The minimum Gasteiger partial charge on any atom is -0.453 e. The number of fused-ring (bicyclic) bond motifs is 1. The average molecular weight is 272 g/mol. The van der Waals surface area contributed by atoms with E-state index >= 15 is 0 Å². The number of ether oxygens (including phenoxy) is 1. The highest BCUT2D eigenvalue weighted by Crippen LogP contribution is 2.23. The van der Waals surface area contributed by atoms with E-state index in [4.69, 9.17) is 4.42 Å². The molecule has 0 saturated heterocycles. The number of halogens is 3. The van der Waals surface area contributed by atoms with E-state index < -0.39 is 24.7 Å². The molecule has 1 atom stereocenters. The monoisotopic (exact) mass is 272 g/mol. The van der Waals surface area contributed by atoms with Crippen LogP contribution in [0, 0.1) is 0 Å². The van der Waals surface area contributed by atoms with Crippen molar-refractivity contribution < 1.29 is 27.1 Å². The van der Waals surface area contributed by atoms with E-state index in [9.17, 15) is 18.0 Å². The third-order valence-corrected chi connectivity index (χ3v) is 2.63. The molecule has 102 valence electrons. The highest BCUT2D eigenvalue weighted by atomic mass is 19.4. The average Bonchev–Trinajstić information content (AvgIpc) is 2.78. The van der Waals surface area contributed by atoms with E-state index in [0.29, 0.717) is 5.58 Å². The van der Waals surface area contributed by atoms with Crippen molar-refractivity contribution >= 4 is 16.8 Å². The van der Waals surface area contributed by atoms with Gasteiger partial charge < -0.3 is 9.15 Å². The fourth-order valence-corrected chi connectivity index (χ4v) is 1.49. The molecule has 19 heavy (non-hydrogen) atoms. The molecule has 1 heterocycles. The highest BCUT2D eigenvalue weighted by molar-refractivity contribution is 5.98. The van der Waals surface area contributed by atoms with Crippen LogP contribution in [0.15, 0.2) is 34.7 Å². The van der Waals surface area contributed by atoms with Gasteiger partial charge in [0.25, 0.3) is 0 Å². The van der Waals surface area contributed by atoms with Crippen molar-refractivity contribution in [3.63, 3.8) is 0 Å². The molecule has 0 aliphatic carbocycles. The fraction of sp³-hybridized carbons (Fsp3) is 0.308. The Kier molecular flexibility index (Phi) is 3.61. The highest BCUT2D eigenvalue weighted by Gasteiger charge is 2.37. The van der Waals surface area contributed by atoms with Crippen LogP contribution in [0.4, 0.5) is 13.2 Å². The van der Waals surface area contributed by atoms with Gasteiger partial charge in [-0.1, -0.05) is 18.2 Å². The zero-order valence-corrected chi connectivity index (χ0v) is 10.0. The summed E-state index contributed by atoms with van der Waals surface area (Å²) in [5.74, 6) is -0.622. The van der Waals surface area contributed by atoms with E-state index in [2.05, 4.69) is 4.74 Å². The van der Waals surface area contributed by atoms with Crippen LogP contribution < -0.4 is 0 Å². The summed E-state index contributed by atoms with van der Waals surface area (Å²) in [6.45, 7) is 0.187. The molecule has 6 heteroatoms. The van der Waals surface area contributed by atoms with Crippen LogP contribution in [-0.2, 0) is 4.74 Å². The van der Waals surface area contributed by atoms with Crippen molar-refractivity contribution in [2.75, 3.05) is 6.61 Å². The summed E-state index contributed by atoms with van der Waals surface area (Å²) in [7, 11) is 0. The molecule has 0 radical (unpaired) electrons. The van der Waals surface area contributed by atoms with Gasteiger partial charge in [0.15, 0.2) is 11.9 Å². The van der Waals surface area contributed by atoms with E-state index in [0.717, 1.165) is 12.3 Å². The third kappa shape index (κ3) is 3.14. The van der Waals surface area contributed by atoms with Crippen molar-refractivity contribution in [2.24, 2.45) is 0 Å². The van der Waals surface area contributed by atoms with Crippen molar-refractivity contribution in [2.45, 2.75) is 19.2 Å². The summed E-state index contributed by atoms with van der Waals surface area (Å²) in [6, 6.07) is 8.41. The molecule has 0 aliphatic heterocycles. The number of benzene rings is 1. The molecule has 0 aliphatic rings. The SMILES string of the molecule is CC(OCC(=O)c1cc2ccccc2o1)C(F)(F)F. The molecular weight excluding hydrogens is 261 g/mol. The van der Waals surface area contributed by atoms with Crippen LogP contribution in [0.5, 0.6) is 0 Å². The molecule has 0 bridgehead atoms. The first-order valence-corrected chi connectivity index (χ1v) is 5.58. The zero-order valence-electron chi connectivity index (χ0n) is 10.0. The Labute approximate surface area is 107 Å². The first-order chi connectivity index (χ1) is 8.88. The molecule has 1 unspecified atom stereocenters. The predicted octanol–water partition coefficient (Wildman–Crippen LogP) is 3.58. The van der Waals surface area contributed by atoms with Crippen LogP contribution in [0.25, 0.3) is 11.0 Å². The fourth-order valence-electron chi connectivity index (χ4n) is 1.49. The lowest BCUT2D eigenvalue weighted by Crippen LogP contribution is -2.30. The number of Topliss-reactive ketones (excluding diaryl/α,β-unsaturated/α-hetero) is 1. The molecule has 2 aromatic rings. The maximum absolute atomic E-state index is 12.2. The minimum absolute atomic E-state index is 0.00410. The number of rotatable bonds is 4. The topological polar surface area (TPSA) is 39.4 Å². The smallest absolute Gasteiger partial charge is 0.414 e. The predicted molar refractivity (Wildman–Crippen MR) is 62.0 cm³/mol. The van der Waals surface area contributed by atoms with Gasteiger partial charge in [-0.15, -0.1) is 0 Å². The largest absolute Gasteiger partial charge is 0.453 e. The number of ketones is 1. The number of para-hydroxylation sites is 1. The summed E-state index contributed by atoms with van der Waals surface area (Å²) in [6.07, 6.45) is -6.46. The van der Waals surface area contributed by atoms with Crippen LogP contribution in [0.3, 0.4) is 0 Å². The van der Waals surface area contributed by atoms with Gasteiger partial charge in [-0.05, 0) is 19.1 Å². The number of carbonyl (C=O) groups excluding carboxylic acids is 1. The number of carbonyl (C=O) groups is 1. The van der Waals surface area contributed by atoms with Crippen LogP contribution in [0.1, 0.15) is 17.5 Å². The van der Waals surface area contributed by atoms with E-state index in [1.807, 2.05) is 0 Å². The number of furan rings is 1. The normalized spacial score (nSPS) is 13.7. The van der Waals surface area contributed by atoms with E-state index in [-0.39, 0.29) is 5.76 Å². The number of hydrogen-bond acceptors (Lipinski definition) is 3. The summed E-state index contributed by atoms with van der Waals surface area (Å²) in [5, 5.41) is 0.717. The second-order valence-electron chi connectivity index (χ2n) is 4.07. The first-order valence-electron chi connectivity index (χ1n) is 5.58. The van der Waals surface area contributed by atoms with Crippen molar-refractivity contribution in [3.8, 4) is 0 Å². The van der Waals surface area contributed by atoms with Crippen molar-refractivity contribution in [1.29, 1.82) is 0 Å². The van der Waals surface area contributed by atoms with Gasteiger partial charge in [0, 0.05) is 5.39 Å². The lowest BCUT2D eigenvalue weighted by molar-refractivity contribution is -0.210. The van der Waals surface area contributed by atoms with Crippen molar-refractivity contribution in [1.82, 2.24) is 0 Å².